The van der Waals surface area contributed by atoms with Crippen LogP contribution in [0, 0.1) is 6.92 Å². The number of hydrogen-bond donors (Lipinski definition) is 1. The molecule has 1 saturated carbocycles. The Bertz CT molecular complexity index is 623. The molecule has 0 unspecified atom stereocenters. The lowest BCUT2D eigenvalue weighted by Gasteiger charge is -2.24. The van der Waals surface area contributed by atoms with Crippen molar-refractivity contribution < 1.29 is 0 Å². The highest BCUT2D eigenvalue weighted by Crippen LogP contribution is 2.33. The van der Waals surface area contributed by atoms with Crippen LogP contribution in [0.4, 0.5) is 11.5 Å². The van der Waals surface area contributed by atoms with Crippen molar-refractivity contribution in [3.05, 3.63) is 52.1 Å². The Hall–Kier alpha value is -1.55. The second-order valence-electron chi connectivity index (χ2n) is 5.35. The zero-order chi connectivity index (χ0) is 14.1. The van der Waals surface area contributed by atoms with Gasteiger partial charge in [-0.1, -0.05) is 18.2 Å². The van der Waals surface area contributed by atoms with E-state index in [0.717, 1.165) is 22.5 Å². The number of hydrogen-bond acceptors (Lipinski definition) is 3. The van der Waals surface area contributed by atoms with Gasteiger partial charge in [0.1, 0.15) is 5.82 Å². The van der Waals surface area contributed by atoms with Crippen molar-refractivity contribution in [1.82, 2.24) is 4.98 Å². The van der Waals surface area contributed by atoms with E-state index in [9.17, 15) is 0 Å². The normalized spacial score (nSPS) is 14.3. The highest BCUT2D eigenvalue weighted by atomic mass is 79.9. The molecule has 1 fully saturated rings. The van der Waals surface area contributed by atoms with E-state index in [1.165, 1.54) is 24.0 Å². The molecular weight excluding hydrogens is 314 g/mol. The van der Waals surface area contributed by atoms with Gasteiger partial charge in [-0.05, 0) is 59.0 Å². The number of pyridine rings is 1. The third kappa shape index (κ3) is 2.80. The predicted octanol–water partition coefficient (Wildman–Crippen LogP) is 3.90. The quantitative estimate of drug-likeness (QED) is 0.864. The Morgan fingerprint density at radius 3 is 2.75 bits per heavy atom. The van der Waals surface area contributed by atoms with Crippen LogP contribution >= 0.6 is 15.9 Å². The summed E-state index contributed by atoms with van der Waals surface area (Å²) >= 11 is 3.51. The van der Waals surface area contributed by atoms with Crippen LogP contribution in [0.2, 0.25) is 0 Å². The van der Waals surface area contributed by atoms with Gasteiger partial charge < -0.3 is 10.6 Å². The minimum atomic E-state index is 0.600. The van der Waals surface area contributed by atoms with Gasteiger partial charge in [0.05, 0.1) is 0 Å². The summed E-state index contributed by atoms with van der Waals surface area (Å²) in [6.45, 7) is 2.92. The van der Waals surface area contributed by atoms with E-state index < -0.39 is 0 Å². The van der Waals surface area contributed by atoms with Crippen LogP contribution in [0.25, 0.3) is 0 Å². The Morgan fingerprint density at radius 1 is 1.35 bits per heavy atom. The molecule has 3 rings (SSSR count). The molecule has 0 aliphatic heterocycles. The molecule has 4 heteroatoms. The van der Waals surface area contributed by atoms with Gasteiger partial charge in [-0.3, -0.25) is 0 Å². The third-order valence-electron chi connectivity index (χ3n) is 3.71. The molecular formula is C16H18BrN3. The lowest BCUT2D eigenvalue weighted by atomic mass is 10.1. The Morgan fingerprint density at radius 2 is 2.10 bits per heavy atom. The fraction of sp³-hybridized carbons (Fsp3) is 0.312. The number of nitrogens with two attached hydrogens (primary N) is 1. The predicted molar refractivity (Wildman–Crippen MR) is 86.7 cm³/mol. The third-order valence-corrected chi connectivity index (χ3v) is 4.54. The molecule has 1 aliphatic carbocycles. The first-order chi connectivity index (χ1) is 9.65. The number of nitrogen functional groups attached to an aromatic ring is 1. The number of anilines is 2. The van der Waals surface area contributed by atoms with E-state index in [4.69, 9.17) is 5.73 Å². The molecule has 0 atom stereocenters. The van der Waals surface area contributed by atoms with Gasteiger partial charge in [0, 0.05) is 28.9 Å². The molecule has 1 aliphatic rings. The first-order valence-corrected chi connectivity index (χ1v) is 7.66. The van der Waals surface area contributed by atoms with Crippen molar-refractivity contribution >= 4 is 27.4 Å². The van der Waals surface area contributed by atoms with E-state index in [0.29, 0.717) is 6.04 Å². The minimum Gasteiger partial charge on any atom is -0.398 e. The maximum atomic E-state index is 6.07. The fourth-order valence-electron chi connectivity index (χ4n) is 2.33. The number of halogens is 1. The van der Waals surface area contributed by atoms with E-state index in [1.807, 2.05) is 24.4 Å². The van der Waals surface area contributed by atoms with Crippen molar-refractivity contribution in [2.45, 2.75) is 32.4 Å². The molecule has 1 heterocycles. The summed E-state index contributed by atoms with van der Waals surface area (Å²) in [6.07, 6.45) is 4.36. The molecule has 104 valence electrons. The summed E-state index contributed by atoms with van der Waals surface area (Å²) in [6, 6.07) is 10.8. The molecule has 1 aromatic heterocycles. The Balaban J connectivity index is 1.89. The van der Waals surface area contributed by atoms with Gasteiger partial charge in [-0.25, -0.2) is 4.98 Å². The van der Waals surface area contributed by atoms with Crippen molar-refractivity contribution in [3.63, 3.8) is 0 Å². The lowest BCUT2D eigenvalue weighted by Crippen LogP contribution is -2.26. The van der Waals surface area contributed by atoms with Crippen LogP contribution in [-0.2, 0) is 6.54 Å². The van der Waals surface area contributed by atoms with Crippen molar-refractivity contribution in [2.24, 2.45) is 0 Å². The molecule has 2 N–H and O–H groups in total. The maximum Gasteiger partial charge on any atom is 0.129 e. The summed E-state index contributed by atoms with van der Waals surface area (Å²) in [7, 11) is 0. The summed E-state index contributed by atoms with van der Waals surface area (Å²) < 4.78 is 1.05. The second kappa shape index (κ2) is 5.44. The van der Waals surface area contributed by atoms with E-state index in [-0.39, 0.29) is 0 Å². The Kier molecular flexibility index (Phi) is 3.66. The van der Waals surface area contributed by atoms with Crippen LogP contribution < -0.4 is 10.6 Å². The topological polar surface area (TPSA) is 42.1 Å². The fourth-order valence-corrected chi connectivity index (χ4v) is 2.54. The minimum absolute atomic E-state index is 0.600. The average Bonchev–Trinajstić information content (AvgIpc) is 3.26. The summed E-state index contributed by atoms with van der Waals surface area (Å²) in [4.78, 5) is 6.93. The number of para-hydroxylation sites is 1. The van der Waals surface area contributed by atoms with Crippen LogP contribution in [0.5, 0.6) is 0 Å². The molecule has 0 spiro atoms. The van der Waals surface area contributed by atoms with Gasteiger partial charge in [-0.2, -0.15) is 0 Å². The molecule has 0 bridgehead atoms. The number of benzene rings is 1. The molecule has 0 amide bonds. The molecule has 3 nitrogen and oxygen atoms in total. The summed E-state index contributed by atoms with van der Waals surface area (Å²) in [5.41, 5.74) is 9.30. The maximum absolute atomic E-state index is 6.07. The first kappa shape index (κ1) is 13.4. The molecule has 20 heavy (non-hydrogen) atoms. The first-order valence-electron chi connectivity index (χ1n) is 6.87. The summed E-state index contributed by atoms with van der Waals surface area (Å²) in [5.74, 6) is 1.04. The van der Waals surface area contributed by atoms with Crippen molar-refractivity contribution in [1.29, 1.82) is 0 Å². The lowest BCUT2D eigenvalue weighted by molar-refractivity contribution is 0.778. The van der Waals surface area contributed by atoms with Gasteiger partial charge in [0.2, 0.25) is 0 Å². The zero-order valence-corrected chi connectivity index (χ0v) is 13.1. The van der Waals surface area contributed by atoms with E-state index in [2.05, 4.69) is 44.9 Å². The number of aromatic nitrogens is 1. The van der Waals surface area contributed by atoms with Gasteiger partial charge in [0.25, 0.3) is 0 Å². The van der Waals surface area contributed by atoms with Crippen LogP contribution in [-0.4, -0.2) is 11.0 Å². The average molecular weight is 332 g/mol. The zero-order valence-electron chi connectivity index (χ0n) is 11.5. The highest BCUT2D eigenvalue weighted by molar-refractivity contribution is 9.10. The molecule has 1 aromatic carbocycles. The number of rotatable bonds is 4. The van der Waals surface area contributed by atoms with E-state index >= 15 is 0 Å². The smallest absolute Gasteiger partial charge is 0.129 e. The van der Waals surface area contributed by atoms with Crippen LogP contribution in [0.15, 0.2) is 41.0 Å². The monoisotopic (exact) mass is 331 g/mol. The standard InChI is InChI=1S/C16H18BrN3/c1-11-8-16(19-9-14(11)17)20(13-6-7-13)10-12-4-2-3-5-15(12)18/h2-5,8-9,13H,6-7,10,18H2,1H3. The van der Waals surface area contributed by atoms with Gasteiger partial charge in [0.15, 0.2) is 0 Å². The van der Waals surface area contributed by atoms with Gasteiger partial charge in [-0.15, -0.1) is 0 Å². The highest BCUT2D eigenvalue weighted by Gasteiger charge is 2.30. The van der Waals surface area contributed by atoms with Crippen LogP contribution in [0.3, 0.4) is 0 Å². The Labute approximate surface area is 127 Å². The van der Waals surface area contributed by atoms with Crippen LogP contribution in [0.1, 0.15) is 24.0 Å². The summed E-state index contributed by atoms with van der Waals surface area (Å²) in [5, 5.41) is 0. The number of aryl methyl sites for hydroxylation is 1. The van der Waals surface area contributed by atoms with Crippen molar-refractivity contribution in [2.75, 3.05) is 10.6 Å². The molecule has 0 radical (unpaired) electrons. The van der Waals surface area contributed by atoms with E-state index in [1.54, 1.807) is 0 Å². The number of nitrogens with zero attached hydrogens (tertiary/aromatic N) is 2. The largest absolute Gasteiger partial charge is 0.398 e. The van der Waals surface area contributed by atoms with Crippen molar-refractivity contribution in [3.8, 4) is 0 Å². The van der Waals surface area contributed by atoms with Gasteiger partial charge >= 0.3 is 0 Å². The molecule has 2 aromatic rings. The molecule has 0 saturated heterocycles. The second-order valence-corrected chi connectivity index (χ2v) is 6.20. The SMILES string of the molecule is Cc1cc(N(Cc2ccccc2N)C2CC2)ncc1Br.